The summed E-state index contributed by atoms with van der Waals surface area (Å²) in [6, 6.07) is 0. The number of aliphatic hydroxyl groups is 2. The Kier molecular flexibility index (Phi) is 11.2. The minimum atomic E-state index is -1.31. The molecule has 4 atom stereocenters. The van der Waals surface area contributed by atoms with Crippen molar-refractivity contribution >= 4 is 11.8 Å². The molecular formula is C42H70N2O8. The Morgan fingerprint density at radius 2 is 1.13 bits per heavy atom. The number of carbonyl (C=O) groups is 2. The van der Waals surface area contributed by atoms with Crippen molar-refractivity contribution in [2.24, 2.45) is 53.3 Å². The molecular weight excluding hydrogens is 660 g/mol. The maximum Gasteiger partial charge on any atom is 0.220 e. The van der Waals surface area contributed by atoms with E-state index < -0.39 is 17.1 Å². The minimum absolute atomic E-state index is 0.0374. The van der Waals surface area contributed by atoms with Gasteiger partial charge in [0.15, 0.2) is 11.6 Å². The Balaban J connectivity index is 0.774. The number of fused-ring (bicyclic) bond motifs is 2. The van der Waals surface area contributed by atoms with E-state index in [1.54, 1.807) is 0 Å². The average Bonchev–Trinajstić information content (AvgIpc) is 3.09. The maximum absolute atomic E-state index is 13.1. The molecule has 0 spiro atoms. The van der Waals surface area contributed by atoms with Gasteiger partial charge in [0, 0.05) is 45.1 Å². The van der Waals surface area contributed by atoms with E-state index in [-0.39, 0.29) is 34.9 Å². The lowest BCUT2D eigenvalue weighted by Crippen LogP contribution is -2.58. The van der Waals surface area contributed by atoms with Gasteiger partial charge in [-0.3, -0.25) is 9.59 Å². The van der Waals surface area contributed by atoms with Crippen molar-refractivity contribution in [1.29, 1.82) is 0 Å². The number of hydrogen-bond donors (Lipinski definition) is 4. The molecule has 2 amide bonds. The molecule has 8 aliphatic carbocycles. The second kappa shape index (κ2) is 15.0. The van der Waals surface area contributed by atoms with Gasteiger partial charge >= 0.3 is 0 Å². The Morgan fingerprint density at radius 3 is 1.69 bits per heavy atom. The quantitative estimate of drug-likeness (QED) is 0.0885. The summed E-state index contributed by atoms with van der Waals surface area (Å²) in [6.45, 7) is 10.8. The number of carbonyl (C=O) groups excluding carboxylic acids is 2. The van der Waals surface area contributed by atoms with Gasteiger partial charge in [-0.05, 0) is 158 Å². The molecule has 4 N–H and O–H groups in total. The molecule has 52 heavy (non-hydrogen) atoms. The van der Waals surface area contributed by atoms with E-state index in [2.05, 4.69) is 31.4 Å². The predicted molar refractivity (Wildman–Crippen MR) is 196 cm³/mol. The maximum atomic E-state index is 13.1. The van der Waals surface area contributed by atoms with Gasteiger partial charge in [-0.25, -0.2) is 19.6 Å². The molecule has 0 aromatic heterocycles. The summed E-state index contributed by atoms with van der Waals surface area (Å²) >= 11 is 0. The van der Waals surface area contributed by atoms with Gasteiger partial charge in [0.2, 0.25) is 11.8 Å². The third-order valence-electron chi connectivity index (χ3n) is 15.7. The van der Waals surface area contributed by atoms with E-state index in [1.807, 2.05) is 13.8 Å². The van der Waals surface area contributed by atoms with Gasteiger partial charge in [0.05, 0.1) is 5.54 Å². The smallest absolute Gasteiger partial charge is 0.220 e. The zero-order valence-corrected chi connectivity index (χ0v) is 32.9. The Morgan fingerprint density at radius 1 is 0.635 bits per heavy atom. The van der Waals surface area contributed by atoms with E-state index in [1.165, 1.54) is 51.4 Å². The van der Waals surface area contributed by atoms with Crippen LogP contribution in [-0.2, 0) is 29.1 Å². The molecule has 0 aliphatic heterocycles. The van der Waals surface area contributed by atoms with Crippen LogP contribution in [0, 0.1) is 53.3 Å². The fraction of sp³-hybridized carbons (Fsp3) is 0.952. The van der Waals surface area contributed by atoms with Crippen LogP contribution in [0.25, 0.3) is 0 Å². The van der Waals surface area contributed by atoms with Crippen LogP contribution in [-0.4, -0.2) is 56.9 Å². The highest BCUT2D eigenvalue weighted by molar-refractivity contribution is 5.78. The molecule has 0 aromatic carbocycles. The van der Waals surface area contributed by atoms with Crippen molar-refractivity contribution in [3.05, 3.63) is 0 Å². The molecule has 296 valence electrons. The first-order valence-corrected chi connectivity index (χ1v) is 21.3. The number of amides is 2. The van der Waals surface area contributed by atoms with E-state index in [0.717, 1.165) is 30.6 Å². The van der Waals surface area contributed by atoms with E-state index in [9.17, 15) is 19.8 Å². The number of nitrogens with one attached hydrogen (secondary N) is 2. The van der Waals surface area contributed by atoms with E-state index >= 15 is 0 Å². The molecule has 6 bridgehead atoms. The summed E-state index contributed by atoms with van der Waals surface area (Å²) in [7, 11) is 0. The normalized spacial score (nSPS) is 45.8. The van der Waals surface area contributed by atoms with Gasteiger partial charge in [-0.1, -0.05) is 19.8 Å². The second-order valence-corrected chi connectivity index (χ2v) is 20.3. The van der Waals surface area contributed by atoms with Crippen molar-refractivity contribution in [1.82, 2.24) is 10.6 Å². The highest BCUT2D eigenvalue weighted by atomic mass is 17.2. The van der Waals surface area contributed by atoms with Gasteiger partial charge in [0.25, 0.3) is 0 Å². The van der Waals surface area contributed by atoms with E-state index in [0.29, 0.717) is 94.4 Å². The second-order valence-electron chi connectivity index (χ2n) is 20.3. The first-order valence-electron chi connectivity index (χ1n) is 21.3. The highest BCUT2D eigenvalue weighted by Crippen LogP contribution is 2.60. The molecule has 0 unspecified atom stereocenters. The summed E-state index contributed by atoms with van der Waals surface area (Å²) in [5.74, 6) is 2.04. The van der Waals surface area contributed by atoms with Crippen molar-refractivity contribution in [3.8, 4) is 0 Å². The molecule has 0 heterocycles. The van der Waals surface area contributed by atoms with Crippen LogP contribution in [0.15, 0.2) is 0 Å². The van der Waals surface area contributed by atoms with Crippen LogP contribution in [0.2, 0.25) is 0 Å². The third-order valence-corrected chi connectivity index (χ3v) is 15.7. The van der Waals surface area contributed by atoms with Crippen LogP contribution in [0.1, 0.15) is 163 Å². The standard InChI is InChI=1S/C42H70N2O8/c1-27-17-30-7-6-8-33(19-30)39(27,4)49-51-41(47)15-11-29(12-16-41)25-37(46)44-38(2,3)26-43-36(45)24-28-9-13-42(48,14-10-28)52-50-40(5)34-20-31-18-32(22-34)23-35(40)21-31/h27-35,47-48H,6-26H2,1-5H3,(H,43,45)(H,44,46)/t27-,28?,29?,30+,31-,32+,33+,34-,35+,39+,40-,41?,42?/m1/s1. The van der Waals surface area contributed by atoms with Crippen molar-refractivity contribution in [2.45, 2.75) is 191 Å². The summed E-state index contributed by atoms with van der Waals surface area (Å²) < 4.78 is 0. The highest BCUT2D eigenvalue weighted by Gasteiger charge is 2.57. The zero-order valence-electron chi connectivity index (χ0n) is 32.9. The lowest BCUT2D eigenvalue weighted by Gasteiger charge is -2.59. The Bertz CT molecular complexity index is 1240. The molecule has 10 heteroatoms. The summed E-state index contributed by atoms with van der Waals surface area (Å²) in [5, 5.41) is 28.6. The van der Waals surface area contributed by atoms with Crippen LogP contribution in [0.4, 0.5) is 0 Å². The monoisotopic (exact) mass is 731 g/mol. The average molecular weight is 731 g/mol. The Labute approximate surface area is 312 Å². The minimum Gasteiger partial charge on any atom is -0.363 e. The van der Waals surface area contributed by atoms with Crippen molar-refractivity contribution in [3.63, 3.8) is 0 Å². The molecule has 0 saturated heterocycles. The lowest BCUT2D eigenvalue weighted by molar-refractivity contribution is -0.484. The first-order chi connectivity index (χ1) is 24.5. The summed E-state index contributed by atoms with van der Waals surface area (Å²) in [4.78, 5) is 50.2. The third kappa shape index (κ3) is 8.57. The largest absolute Gasteiger partial charge is 0.363 e. The molecule has 0 aromatic rings. The topological polar surface area (TPSA) is 136 Å². The van der Waals surface area contributed by atoms with Gasteiger partial charge in [0.1, 0.15) is 11.2 Å². The van der Waals surface area contributed by atoms with Crippen LogP contribution in [0.3, 0.4) is 0 Å². The van der Waals surface area contributed by atoms with Crippen LogP contribution >= 0.6 is 0 Å². The van der Waals surface area contributed by atoms with Gasteiger partial charge < -0.3 is 20.8 Å². The molecule has 8 aliphatic rings. The number of hydrogen-bond acceptors (Lipinski definition) is 8. The molecule has 8 fully saturated rings. The first kappa shape index (κ1) is 39.0. The summed E-state index contributed by atoms with van der Waals surface area (Å²) in [5.41, 5.74) is -1.28. The Hall–Kier alpha value is -1.30. The van der Waals surface area contributed by atoms with Gasteiger partial charge in [-0.15, -0.1) is 0 Å². The van der Waals surface area contributed by atoms with Gasteiger partial charge in [-0.2, -0.15) is 0 Å². The van der Waals surface area contributed by atoms with Crippen LogP contribution < -0.4 is 10.6 Å². The predicted octanol–water partition coefficient (Wildman–Crippen LogP) is 7.25. The van der Waals surface area contributed by atoms with E-state index in [4.69, 9.17) is 19.6 Å². The number of rotatable bonds is 13. The molecule has 10 nitrogen and oxygen atoms in total. The molecule has 8 saturated carbocycles. The lowest BCUT2D eigenvalue weighted by atomic mass is 9.50. The SMILES string of the molecule is C[C@@H]1C[C@@H]2CCC[C@@H](C2)[C@@]1(C)OOC1(O)CCC(CC(=O)NC(C)(C)CNC(=O)CC2CCC(O)(OO[C@]3(C)[C@@H]4C[C@H]5C[C@@H](C4)C[C@@H]3C5)CC2)CC1. The zero-order chi connectivity index (χ0) is 36.9. The van der Waals surface area contributed by atoms with Crippen molar-refractivity contribution < 1.29 is 39.4 Å². The van der Waals surface area contributed by atoms with Crippen molar-refractivity contribution in [2.75, 3.05) is 6.54 Å². The fourth-order valence-electron chi connectivity index (χ4n) is 12.1. The summed E-state index contributed by atoms with van der Waals surface area (Å²) in [6.07, 6.45) is 17.7. The van der Waals surface area contributed by atoms with Crippen LogP contribution in [0.5, 0.6) is 0 Å². The molecule has 8 rings (SSSR count). The fourth-order valence-corrected chi connectivity index (χ4v) is 12.1. The molecule has 0 radical (unpaired) electrons.